The molecule has 0 atom stereocenters. The lowest BCUT2D eigenvalue weighted by molar-refractivity contribution is 0.293. The molecule has 1 N–H and O–H groups in total. The van der Waals surface area contributed by atoms with E-state index in [9.17, 15) is 13.2 Å². The quantitative estimate of drug-likeness (QED) is 0.333. The number of halogens is 1. The van der Waals surface area contributed by atoms with Crippen LogP contribution < -0.4 is 15.0 Å². The van der Waals surface area contributed by atoms with Gasteiger partial charge in [-0.3, -0.25) is 4.79 Å². The highest BCUT2D eigenvalue weighted by Gasteiger charge is 2.26. The molecule has 2 aromatic heterocycles. The van der Waals surface area contributed by atoms with Crippen molar-refractivity contribution in [2.24, 2.45) is 7.05 Å². The summed E-state index contributed by atoms with van der Waals surface area (Å²) in [7, 11) is -2.20. The highest BCUT2D eigenvalue weighted by Crippen LogP contribution is 2.31. The maximum absolute atomic E-state index is 13.5. The average molecular weight is 584 g/mol. The largest absolute Gasteiger partial charge is 0.486 e. The second-order valence-corrected chi connectivity index (χ2v) is 11.6. The van der Waals surface area contributed by atoms with Gasteiger partial charge in [0, 0.05) is 29.8 Å². The first kappa shape index (κ1) is 25.4. The summed E-state index contributed by atoms with van der Waals surface area (Å²) in [5, 5.41) is 8.32. The minimum Gasteiger partial charge on any atom is -0.486 e. The second-order valence-electron chi connectivity index (χ2n) is 9.05. The molecule has 1 aliphatic carbocycles. The van der Waals surface area contributed by atoms with Gasteiger partial charge in [-0.25, -0.2) is 17.8 Å². The van der Waals surface area contributed by atoms with Gasteiger partial charge in [0.05, 0.1) is 11.9 Å². The maximum atomic E-state index is 13.5. The van der Waals surface area contributed by atoms with E-state index in [1.54, 1.807) is 48.4 Å². The van der Waals surface area contributed by atoms with Crippen molar-refractivity contribution in [3.8, 4) is 22.6 Å². The Hall–Kier alpha value is -3.28. The predicted octanol–water partition coefficient (Wildman–Crippen LogP) is 4.20. The van der Waals surface area contributed by atoms with Crippen molar-refractivity contribution in [2.45, 2.75) is 43.2 Å². The van der Waals surface area contributed by atoms with E-state index in [2.05, 4.69) is 31.0 Å². The number of pyridine rings is 1. The summed E-state index contributed by atoms with van der Waals surface area (Å²) in [6.07, 6.45) is 7.06. The first-order chi connectivity index (χ1) is 17.8. The Morgan fingerprint density at radius 2 is 1.76 bits per heavy atom. The minimum absolute atomic E-state index is 0.0433. The Kier molecular flexibility index (Phi) is 7.27. The Morgan fingerprint density at radius 3 is 2.49 bits per heavy atom. The molecule has 0 radical (unpaired) electrons. The smallest absolute Gasteiger partial charge is 0.250 e. The first-order valence-electron chi connectivity index (χ1n) is 11.9. The Labute approximate surface area is 223 Å². The van der Waals surface area contributed by atoms with Crippen LogP contribution in [0.15, 0.2) is 81.2 Å². The molecule has 1 fully saturated rings. The summed E-state index contributed by atoms with van der Waals surface area (Å²) >= 11 is 3.42. The van der Waals surface area contributed by atoms with Gasteiger partial charge in [0.15, 0.2) is 0 Å². The molecule has 2 aromatic carbocycles. The molecule has 11 heteroatoms. The Bertz CT molecular complexity index is 1580. The van der Waals surface area contributed by atoms with Crippen LogP contribution in [0, 0.1) is 0 Å². The molecule has 9 nitrogen and oxygen atoms in total. The third kappa shape index (κ3) is 5.84. The Morgan fingerprint density at radius 1 is 1.03 bits per heavy atom. The molecule has 0 spiro atoms. The molecule has 5 rings (SSSR count). The van der Waals surface area contributed by atoms with E-state index in [4.69, 9.17) is 4.74 Å². The monoisotopic (exact) mass is 583 g/mol. The molecule has 37 heavy (non-hydrogen) atoms. The molecule has 1 saturated carbocycles. The van der Waals surface area contributed by atoms with Crippen LogP contribution in [0.5, 0.6) is 5.75 Å². The summed E-state index contributed by atoms with van der Waals surface area (Å²) in [5.74, 6) is 0.220. The van der Waals surface area contributed by atoms with E-state index in [1.807, 2.05) is 24.3 Å². The molecule has 0 aliphatic heterocycles. The number of sulfonamides is 1. The Balaban J connectivity index is 1.44. The molecular weight excluding hydrogens is 558 g/mol. The van der Waals surface area contributed by atoms with Gasteiger partial charge < -0.3 is 9.30 Å². The van der Waals surface area contributed by atoms with E-state index in [0.717, 1.165) is 41.4 Å². The van der Waals surface area contributed by atoms with Crippen molar-refractivity contribution >= 4 is 26.0 Å². The fourth-order valence-electron chi connectivity index (χ4n) is 4.34. The van der Waals surface area contributed by atoms with Crippen LogP contribution in [0.2, 0.25) is 0 Å². The fourth-order valence-corrected chi connectivity index (χ4v) is 6.08. The molecule has 4 aromatic rings. The van der Waals surface area contributed by atoms with Gasteiger partial charge in [-0.05, 0) is 66.4 Å². The number of rotatable bonds is 8. The topological polar surface area (TPSA) is 108 Å². The van der Waals surface area contributed by atoms with Gasteiger partial charge in [-0.2, -0.15) is 0 Å². The number of nitrogens with zero attached hydrogens (tertiary/aromatic N) is 4. The maximum Gasteiger partial charge on any atom is 0.250 e. The standard InChI is InChI=1S/C26H26BrN5O4S/c1-31-15-19(7-13-26(31)33)18-6-12-24(25(14-18)37(34,35)29-21-4-2-3-5-21)36-17-22-16-32(30-28-22)23-10-8-20(27)9-11-23/h6-16,21,29H,2-5,17H2,1H3. The number of aryl methyl sites for hydroxylation is 1. The minimum atomic E-state index is -3.86. The predicted molar refractivity (Wildman–Crippen MR) is 143 cm³/mol. The molecule has 0 unspecified atom stereocenters. The third-order valence-electron chi connectivity index (χ3n) is 6.34. The molecule has 0 saturated heterocycles. The third-order valence-corrected chi connectivity index (χ3v) is 8.41. The summed E-state index contributed by atoms with van der Waals surface area (Å²) in [6, 6.07) is 15.7. The first-order valence-corrected chi connectivity index (χ1v) is 14.2. The van der Waals surface area contributed by atoms with E-state index >= 15 is 0 Å². The summed E-state index contributed by atoms with van der Waals surface area (Å²) in [4.78, 5) is 11.9. The van der Waals surface area contributed by atoms with E-state index < -0.39 is 10.0 Å². The zero-order chi connectivity index (χ0) is 26.0. The van der Waals surface area contributed by atoms with Gasteiger partial charge in [-0.1, -0.05) is 40.1 Å². The molecule has 0 bridgehead atoms. The average Bonchev–Trinajstić information content (AvgIpc) is 3.57. The molecular formula is C26H26BrN5O4S. The van der Waals surface area contributed by atoms with Crippen molar-refractivity contribution in [2.75, 3.05) is 0 Å². The van der Waals surface area contributed by atoms with Crippen molar-refractivity contribution in [3.63, 3.8) is 0 Å². The lowest BCUT2D eigenvalue weighted by Crippen LogP contribution is -2.33. The normalized spacial score (nSPS) is 14.2. The van der Waals surface area contributed by atoms with E-state index in [1.165, 1.54) is 10.6 Å². The number of aromatic nitrogens is 4. The van der Waals surface area contributed by atoms with E-state index in [0.29, 0.717) is 11.3 Å². The molecule has 192 valence electrons. The summed E-state index contributed by atoms with van der Waals surface area (Å²) < 4.78 is 39.8. The van der Waals surface area contributed by atoms with Crippen molar-refractivity contribution in [3.05, 3.63) is 87.5 Å². The lowest BCUT2D eigenvalue weighted by Gasteiger charge is -2.17. The number of ether oxygens (including phenoxy) is 1. The van der Waals surface area contributed by atoms with Gasteiger partial charge >= 0.3 is 0 Å². The van der Waals surface area contributed by atoms with Crippen LogP contribution in [-0.2, 0) is 23.7 Å². The van der Waals surface area contributed by atoms with Crippen molar-refractivity contribution < 1.29 is 13.2 Å². The number of hydrogen-bond donors (Lipinski definition) is 1. The zero-order valence-electron chi connectivity index (χ0n) is 20.2. The van der Waals surface area contributed by atoms with Crippen LogP contribution in [0.25, 0.3) is 16.8 Å². The van der Waals surface area contributed by atoms with Crippen LogP contribution in [0.4, 0.5) is 0 Å². The van der Waals surface area contributed by atoms with Crippen molar-refractivity contribution in [1.29, 1.82) is 0 Å². The molecule has 2 heterocycles. The highest BCUT2D eigenvalue weighted by molar-refractivity contribution is 9.10. The summed E-state index contributed by atoms with van der Waals surface area (Å²) in [5.41, 5.74) is 2.64. The van der Waals surface area contributed by atoms with Gasteiger partial charge in [0.2, 0.25) is 15.6 Å². The van der Waals surface area contributed by atoms with Crippen LogP contribution in [0.1, 0.15) is 31.4 Å². The molecule has 0 amide bonds. The second kappa shape index (κ2) is 10.6. The van der Waals surface area contributed by atoms with Crippen LogP contribution in [-0.4, -0.2) is 34.0 Å². The summed E-state index contributed by atoms with van der Waals surface area (Å²) in [6.45, 7) is 0.0433. The van der Waals surface area contributed by atoms with Gasteiger partial charge in [-0.15, -0.1) is 5.10 Å². The number of benzene rings is 2. The van der Waals surface area contributed by atoms with Gasteiger partial charge in [0.1, 0.15) is 22.9 Å². The zero-order valence-corrected chi connectivity index (χ0v) is 22.6. The fraction of sp³-hybridized carbons (Fsp3) is 0.269. The van der Waals surface area contributed by atoms with Crippen molar-refractivity contribution in [1.82, 2.24) is 24.3 Å². The van der Waals surface area contributed by atoms with Crippen LogP contribution in [0.3, 0.4) is 0 Å². The van der Waals surface area contributed by atoms with E-state index in [-0.39, 0.29) is 28.9 Å². The lowest BCUT2D eigenvalue weighted by atomic mass is 10.1. The molecule has 1 aliphatic rings. The number of nitrogens with one attached hydrogen (secondary N) is 1. The number of hydrogen-bond acceptors (Lipinski definition) is 6. The van der Waals surface area contributed by atoms with Crippen LogP contribution >= 0.6 is 15.9 Å². The highest BCUT2D eigenvalue weighted by atomic mass is 79.9. The van der Waals surface area contributed by atoms with Gasteiger partial charge in [0.25, 0.3) is 0 Å². The SMILES string of the molecule is Cn1cc(-c2ccc(OCc3cn(-c4ccc(Br)cc4)nn3)c(S(=O)(=O)NC3CCCC3)c2)ccc1=O.